The fourth-order valence-corrected chi connectivity index (χ4v) is 3.34. The number of hydrogen-bond acceptors (Lipinski definition) is 1. The Kier molecular flexibility index (Phi) is 6.36. The molecular formula is C15H23Br2N. The van der Waals surface area contributed by atoms with E-state index in [4.69, 9.17) is 0 Å². The molecule has 1 unspecified atom stereocenters. The summed E-state index contributed by atoms with van der Waals surface area (Å²) in [4.78, 5) is 2.40. The van der Waals surface area contributed by atoms with E-state index in [1.54, 1.807) is 0 Å². The van der Waals surface area contributed by atoms with Crippen LogP contribution < -0.4 is 0 Å². The summed E-state index contributed by atoms with van der Waals surface area (Å²) in [5, 5.41) is 1.06. The van der Waals surface area contributed by atoms with Gasteiger partial charge in [0, 0.05) is 22.9 Å². The summed E-state index contributed by atoms with van der Waals surface area (Å²) < 4.78 is 1.14. The summed E-state index contributed by atoms with van der Waals surface area (Å²) in [6, 6.07) is 8.57. The Bertz CT molecular complexity index is 354. The van der Waals surface area contributed by atoms with Crippen molar-refractivity contribution >= 4 is 31.9 Å². The highest BCUT2D eigenvalue weighted by Gasteiger charge is 2.24. The molecule has 1 aromatic rings. The minimum absolute atomic E-state index is 0.345. The topological polar surface area (TPSA) is 3.24 Å². The largest absolute Gasteiger partial charge is 0.302 e. The highest BCUT2D eigenvalue weighted by Crippen LogP contribution is 2.28. The van der Waals surface area contributed by atoms with E-state index in [-0.39, 0.29) is 0 Å². The van der Waals surface area contributed by atoms with Crippen LogP contribution in [-0.4, -0.2) is 23.8 Å². The zero-order valence-corrected chi connectivity index (χ0v) is 14.9. The molecule has 1 aromatic carbocycles. The summed E-state index contributed by atoms with van der Waals surface area (Å²) in [7, 11) is 2.20. The molecule has 102 valence electrons. The summed E-state index contributed by atoms with van der Waals surface area (Å²) in [5.41, 5.74) is 1.71. The Morgan fingerprint density at radius 3 is 2.17 bits per heavy atom. The smallest absolute Gasteiger partial charge is 0.0230 e. The lowest BCUT2D eigenvalue weighted by molar-refractivity contribution is 0.183. The predicted octanol–water partition coefficient (Wildman–Crippen LogP) is 4.94. The minimum atomic E-state index is 0.345. The maximum absolute atomic E-state index is 3.64. The second kappa shape index (κ2) is 7.06. The second-order valence-corrected chi connectivity index (χ2v) is 7.60. The monoisotopic (exact) mass is 375 g/mol. The van der Waals surface area contributed by atoms with Gasteiger partial charge >= 0.3 is 0 Å². The second-order valence-electron chi connectivity index (χ2n) is 6.04. The molecule has 0 aromatic heterocycles. The first-order chi connectivity index (χ1) is 8.32. The first-order valence-electron chi connectivity index (χ1n) is 6.32. The molecule has 0 amide bonds. The highest BCUT2D eigenvalue weighted by molar-refractivity contribution is 9.10. The Labute approximate surface area is 128 Å². The molecule has 0 aliphatic rings. The molecule has 0 saturated heterocycles. The predicted molar refractivity (Wildman–Crippen MR) is 87.2 cm³/mol. The zero-order chi connectivity index (χ0) is 13.8. The van der Waals surface area contributed by atoms with Crippen molar-refractivity contribution in [3.05, 3.63) is 34.3 Å². The molecule has 0 bridgehead atoms. The zero-order valence-electron chi connectivity index (χ0n) is 11.7. The van der Waals surface area contributed by atoms with Gasteiger partial charge in [-0.2, -0.15) is 0 Å². The van der Waals surface area contributed by atoms with E-state index < -0.39 is 0 Å². The van der Waals surface area contributed by atoms with Gasteiger partial charge in [0.1, 0.15) is 0 Å². The molecule has 0 aliphatic heterocycles. The van der Waals surface area contributed by atoms with Gasteiger partial charge in [0.05, 0.1) is 0 Å². The Balaban J connectivity index is 2.55. The van der Waals surface area contributed by atoms with Crippen molar-refractivity contribution in [2.24, 2.45) is 11.3 Å². The summed E-state index contributed by atoms with van der Waals surface area (Å²) in [5.74, 6) is 0.665. The van der Waals surface area contributed by atoms with Crippen LogP contribution in [0.3, 0.4) is 0 Å². The number of hydrogen-bond donors (Lipinski definition) is 0. The van der Waals surface area contributed by atoms with Gasteiger partial charge in [-0.3, -0.25) is 0 Å². The third kappa shape index (κ3) is 5.41. The van der Waals surface area contributed by atoms with E-state index in [1.807, 2.05) is 0 Å². The number of rotatable bonds is 5. The molecule has 0 saturated carbocycles. The van der Waals surface area contributed by atoms with E-state index in [0.29, 0.717) is 11.3 Å². The molecule has 0 spiro atoms. The SMILES string of the molecule is CN(Cc1ccc(Br)cc1)CC(CBr)C(C)(C)C. The van der Waals surface area contributed by atoms with Crippen molar-refractivity contribution in [2.45, 2.75) is 27.3 Å². The van der Waals surface area contributed by atoms with Gasteiger partial charge in [-0.05, 0) is 36.1 Å². The molecule has 0 heterocycles. The van der Waals surface area contributed by atoms with Crippen molar-refractivity contribution < 1.29 is 0 Å². The quantitative estimate of drug-likeness (QED) is 0.658. The molecule has 3 heteroatoms. The van der Waals surface area contributed by atoms with Crippen molar-refractivity contribution in [3.63, 3.8) is 0 Å². The van der Waals surface area contributed by atoms with E-state index in [1.165, 1.54) is 5.56 Å². The van der Waals surface area contributed by atoms with E-state index >= 15 is 0 Å². The minimum Gasteiger partial charge on any atom is -0.302 e. The normalized spacial score (nSPS) is 13.9. The third-order valence-corrected chi connectivity index (χ3v) is 4.62. The molecule has 0 aliphatic carbocycles. The Morgan fingerprint density at radius 2 is 1.72 bits per heavy atom. The van der Waals surface area contributed by atoms with Crippen molar-refractivity contribution in [1.29, 1.82) is 0 Å². The lowest BCUT2D eigenvalue weighted by atomic mass is 9.82. The van der Waals surface area contributed by atoms with Crippen LogP contribution >= 0.6 is 31.9 Å². The fraction of sp³-hybridized carbons (Fsp3) is 0.600. The van der Waals surface area contributed by atoms with Gasteiger partial charge in [-0.1, -0.05) is 64.8 Å². The maximum atomic E-state index is 3.64. The van der Waals surface area contributed by atoms with Gasteiger partial charge in [-0.15, -0.1) is 0 Å². The number of nitrogens with zero attached hydrogens (tertiary/aromatic N) is 1. The average Bonchev–Trinajstić information content (AvgIpc) is 2.27. The van der Waals surface area contributed by atoms with Crippen LogP contribution in [0.15, 0.2) is 28.7 Å². The Hall–Kier alpha value is 0.140. The first-order valence-corrected chi connectivity index (χ1v) is 8.23. The number of halogens is 2. The molecule has 1 atom stereocenters. The van der Waals surface area contributed by atoms with Crippen molar-refractivity contribution in [2.75, 3.05) is 18.9 Å². The molecular weight excluding hydrogens is 354 g/mol. The van der Waals surface area contributed by atoms with Gasteiger partial charge in [0.25, 0.3) is 0 Å². The molecule has 1 nitrogen and oxygen atoms in total. The van der Waals surface area contributed by atoms with Crippen LogP contribution in [0.1, 0.15) is 26.3 Å². The van der Waals surface area contributed by atoms with Crippen LogP contribution in [0, 0.1) is 11.3 Å². The van der Waals surface area contributed by atoms with Crippen LogP contribution in [0.5, 0.6) is 0 Å². The third-order valence-electron chi connectivity index (χ3n) is 3.31. The summed E-state index contributed by atoms with van der Waals surface area (Å²) in [6.45, 7) is 9.06. The van der Waals surface area contributed by atoms with Gasteiger partial charge in [0.15, 0.2) is 0 Å². The maximum Gasteiger partial charge on any atom is 0.0230 e. The summed E-state index contributed by atoms with van der Waals surface area (Å²) in [6.07, 6.45) is 0. The molecule has 0 fully saturated rings. The molecule has 18 heavy (non-hydrogen) atoms. The van der Waals surface area contributed by atoms with Crippen LogP contribution in [0.25, 0.3) is 0 Å². The van der Waals surface area contributed by atoms with Crippen LogP contribution in [0.4, 0.5) is 0 Å². The van der Waals surface area contributed by atoms with Gasteiger partial charge in [-0.25, -0.2) is 0 Å². The van der Waals surface area contributed by atoms with E-state index in [0.717, 1.165) is 22.9 Å². The van der Waals surface area contributed by atoms with Crippen molar-refractivity contribution in [3.8, 4) is 0 Å². The number of benzene rings is 1. The van der Waals surface area contributed by atoms with Crippen LogP contribution in [-0.2, 0) is 6.54 Å². The highest BCUT2D eigenvalue weighted by atomic mass is 79.9. The molecule has 0 N–H and O–H groups in total. The first kappa shape index (κ1) is 16.2. The Morgan fingerprint density at radius 1 is 1.17 bits per heavy atom. The average molecular weight is 377 g/mol. The van der Waals surface area contributed by atoms with Crippen LogP contribution in [0.2, 0.25) is 0 Å². The van der Waals surface area contributed by atoms with E-state index in [2.05, 4.69) is 88.8 Å². The lowest BCUT2D eigenvalue weighted by Gasteiger charge is -2.32. The number of alkyl halides is 1. The van der Waals surface area contributed by atoms with E-state index in [9.17, 15) is 0 Å². The van der Waals surface area contributed by atoms with Gasteiger partial charge in [0.2, 0.25) is 0 Å². The molecule has 1 rings (SSSR count). The fourth-order valence-electron chi connectivity index (χ4n) is 1.90. The standard InChI is InChI=1S/C15H23Br2N/c1-15(2,3)13(9-16)11-18(4)10-12-5-7-14(17)8-6-12/h5-8,13H,9-11H2,1-4H3. The van der Waals surface area contributed by atoms with Crippen molar-refractivity contribution in [1.82, 2.24) is 4.90 Å². The van der Waals surface area contributed by atoms with Gasteiger partial charge < -0.3 is 4.90 Å². The molecule has 0 radical (unpaired) electrons. The lowest BCUT2D eigenvalue weighted by Crippen LogP contribution is -2.34. The summed E-state index contributed by atoms with van der Waals surface area (Å²) >= 11 is 7.11.